The number of carbonyl (C=O) groups excluding carboxylic acids is 1. The van der Waals surface area contributed by atoms with Crippen molar-refractivity contribution in [2.75, 3.05) is 6.61 Å². The number of rotatable bonds is 6. The molecule has 2 rings (SSSR count). The predicted molar refractivity (Wildman–Crippen MR) is 89.3 cm³/mol. The van der Waals surface area contributed by atoms with Gasteiger partial charge in [-0.1, -0.05) is 48.4 Å². The van der Waals surface area contributed by atoms with Gasteiger partial charge >= 0.3 is 0 Å². The molecule has 116 valence electrons. The van der Waals surface area contributed by atoms with Crippen molar-refractivity contribution in [3.8, 4) is 5.75 Å². The van der Waals surface area contributed by atoms with Crippen LogP contribution >= 0.6 is 11.6 Å². The number of benzene rings is 2. The monoisotopic (exact) mass is 317 g/mol. The Labute approximate surface area is 136 Å². The molecule has 0 unspecified atom stereocenters. The number of ether oxygens (including phenoxy) is 1. The maximum atomic E-state index is 12.0. The number of halogens is 1. The Morgan fingerprint density at radius 2 is 1.77 bits per heavy atom. The highest BCUT2D eigenvalue weighted by molar-refractivity contribution is 6.30. The number of hydrogen-bond donors (Lipinski definition) is 1. The van der Waals surface area contributed by atoms with Gasteiger partial charge in [0, 0.05) is 5.02 Å². The zero-order valence-electron chi connectivity index (χ0n) is 12.8. The largest absolute Gasteiger partial charge is 0.484 e. The van der Waals surface area contributed by atoms with Crippen LogP contribution in [-0.4, -0.2) is 12.5 Å². The summed E-state index contributed by atoms with van der Waals surface area (Å²) in [6, 6.07) is 15.1. The molecule has 1 amide bonds. The highest BCUT2D eigenvalue weighted by atomic mass is 35.5. The Morgan fingerprint density at radius 1 is 1.14 bits per heavy atom. The highest BCUT2D eigenvalue weighted by Crippen LogP contribution is 2.18. The lowest BCUT2D eigenvalue weighted by molar-refractivity contribution is -0.123. The molecule has 0 saturated carbocycles. The van der Waals surface area contributed by atoms with E-state index in [0.717, 1.165) is 12.0 Å². The average molecular weight is 318 g/mol. The van der Waals surface area contributed by atoms with Crippen molar-refractivity contribution in [3.63, 3.8) is 0 Å². The number of aryl methyl sites for hydroxylation is 1. The SMILES string of the molecule is CC[C@H](NC(=O)COc1ccc(Cl)cc1)c1ccc(C)cc1. The molecule has 0 fully saturated rings. The first-order chi connectivity index (χ1) is 10.6. The molecule has 0 aliphatic rings. The summed E-state index contributed by atoms with van der Waals surface area (Å²) in [5, 5.41) is 3.64. The minimum Gasteiger partial charge on any atom is -0.484 e. The fourth-order valence-electron chi connectivity index (χ4n) is 2.14. The van der Waals surface area contributed by atoms with E-state index in [9.17, 15) is 4.79 Å². The standard InChI is InChI=1S/C18H20ClNO2/c1-3-17(14-6-4-13(2)5-7-14)20-18(21)12-22-16-10-8-15(19)9-11-16/h4-11,17H,3,12H2,1-2H3,(H,20,21)/t17-/m0/s1. The van der Waals surface area contributed by atoms with Gasteiger partial charge in [0.1, 0.15) is 5.75 Å². The van der Waals surface area contributed by atoms with Crippen LogP contribution in [0.15, 0.2) is 48.5 Å². The summed E-state index contributed by atoms with van der Waals surface area (Å²) in [7, 11) is 0. The van der Waals surface area contributed by atoms with Gasteiger partial charge < -0.3 is 10.1 Å². The van der Waals surface area contributed by atoms with Crippen LogP contribution in [0.4, 0.5) is 0 Å². The molecule has 1 N–H and O–H groups in total. The van der Waals surface area contributed by atoms with Gasteiger partial charge in [-0.2, -0.15) is 0 Å². The quantitative estimate of drug-likeness (QED) is 0.863. The smallest absolute Gasteiger partial charge is 0.258 e. The summed E-state index contributed by atoms with van der Waals surface area (Å²) in [4.78, 5) is 12.0. The van der Waals surface area contributed by atoms with Crippen LogP contribution in [0.2, 0.25) is 5.02 Å². The lowest BCUT2D eigenvalue weighted by Gasteiger charge is -2.18. The van der Waals surface area contributed by atoms with E-state index >= 15 is 0 Å². The zero-order valence-corrected chi connectivity index (χ0v) is 13.6. The predicted octanol–water partition coefficient (Wildman–Crippen LogP) is 4.29. The number of hydrogen-bond acceptors (Lipinski definition) is 2. The summed E-state index contributed by atoms with van der Waals surface area (Å²) in [5.74, 6) is 0.491. The van der Waals surface area contributed by atoms with E-state index in [0.29, 0.717) is 10.8 Å². The van der Waals surface area contributed by atoms with Gasteiger partial charge in [-0.15, -0.1) is 0 Å². The average Bonchev–Trinajstić information content (AvgIpc) is 2.53. The molecule has 0 spiro atoms. The summed E-state index contributed by atoms with van der Waals surface area (Å²) < 4.78 is 5.45. The first kappa shape index (κ1) is 16.4. The van der Waals surface area contributed by atoms with Gasteiger partial charge in [-0.05, 0) is 43.2 Å². The normalized spacial score (nSPS) is 11.8. The van der Waals surface area contributed by atoms with E-state index in [-0.39, 0.29) is 18.6 Å². The van der Waals surface area contributed by atoms with Crippen LogP contribution in [0.25, 0.3) is 0 Å². The molecule has 0 radical (unpaired) electrons. The van der Waals surface area contributed by atoms with Crippen molar-refractivity contribution in [3.05, 3.63) is 64.7 Å². The molecule has 2 aromatic rings. The fourth-order valence-corrected chi connectivity index (χ4v) is 2.26. The van der Waals surface area contributed by atoms with E-state index in [2.05, 4.69) is 5.32 Å². The van der Waals surface area contributed by atoms with Crippen LogP contribution in [0.1, 0.15) is 30.5 Å². The number of carbonyl (C=O) groups is 1. The third-order valence-corrected chi connectivity index (χ3v) is 3.66. The summed E-state index contributed by atoms with van der Waals surface area (Å²) in [6.07, 6.45) is 0.829. The molecule has 0 aliphatic carbocycles. The number of amides is 1. The molecule has 0 aromatic heterocycles. The zero-order chi connectivity index (χ0) is 15.9. The first-order valence-electron chi connectivity index (χ1n) is 7.32. The minimum absolute atomic E-state index is 0.00178. The molecule has 0 heterocycles. The van der Waals surface area contributed by atoms with Gasteiger partial charge in [-0.25, -0.2) is 0 Å². The summed E-state index contributed by atoms with van der Waals surface area (Å²) >= 11 is 5.81. The highest BCUT2D eigenvalue weighted by Gasteiger charge is 2.13. The maximum Gasteiger partial charge on any atom is 0.258 e. The molecular weight excluding hydrogens is 298 g/mol. The third-order valence-electron chi connectivity index (χ3n) is 3.41. The molecular formula is C18H20ClNO2. The van der Waals surface area contributed by atoms with Crippen LogP contribution in [0.5, 0.6) is 5.75 Å². The van der Waals surface area contributed by atoms with Crippen LogP contribution in [0.3, 0.4) is 0 Å². The molecule has 2 aromatic carbocycles. The van der Waals surface area contributed by atoms with Crippen molar-refractivity contribution >= 4 is 17.5 Å². The van der Waals surface area contributed by atoms with Crippen molar-refractivity contribution in [2.24, 2.45) is 0 Å². The van der Waals surface area contributed by atoms with E-state index < -0.39 is 0 Å². The maximum absolute atomic E-state index is 12.0. The lowest BCUT2D eigenvalue weighted by atomic mass is 10.0. The fraction of sp³-hybridized carbons (Fsp3) is 0.278. The lowest BCUT2D eigenvalue weighted by Crippen LogP contribution is -2.32. The van der Waals surface area contributed by atoms with Crippen molar-refractivity contribution in [1.29, 1.82) is 0 Å². The van der Waals surface area contributed by atoms with Gasteiger partial charge in [0.25, 0.3) is 5.91 Å². The van der Waals surface area contributed by atoms with Crippen LogP contribution < -0.4 is 10.1 Å². The second-order valence-corrected chi connectivity index (χ2v) is 5.62. The van der Waals surface area contributed by atoms with Gasteiger partial charge in [0.2, 0.25) is 0 Å². The van der Waals surface area contributed by atoms with Gasteiger partial charge in [0.05, 0.1) is 6.04 Å². The summed E-state index contributed by atoms with van der Waals surface area (Å²) in [5.41, 5.74) is 2.31. The van der Waals surface area contributed by atoms with Crippen LogP contribution in [-0.2, 0) is 4.79 Å². The van der Waals surface area contributed by atoms with E-state index in [1.54, 1.807) is 24.3 Å². The third kappa shape index (κ3) is 4.78. The Hall–Kier alpha value is -2.00. The Balaban J connectivity index is 1.89. The molecule has 0 saturated heterocycles. The second kappa shape index (κ2) is 7.85. The van der Waals surface area contributed by atoms with Crippen molar-refractivity contribution in [2.45, 2.75) is 26.3 Å². The molecule has 1 atom stereocenters. The molecule has 4 heteroatoms. The number of nitrogens with one attached hydrogen (secondary N) is 1. The molecule has 22 heavy (non-hydrogen) atoms. The van der Waals surface area contributed by atoms with E-state index in [4.69, 9.17) is 16.3 Å². The molecule has 0 aliphatic heterocycles. The first-order valence-corrected chi connectivity index (χ1v) is 7.70. The van der Waals surface area contributed by atoms with Gasteiger partial charge in [0.15, 0.2) is 6.61 Å². The summed E-state index contributed by atoms with van der Waals surface area (Å²) in [6.45, 7) is 4.08. The van der Waals surface area contributed by atoms with E-state index in [1.165, 1.54) is 5.56 Å². The minimum atomic E-state index is -0.137. The van der Waals surface area contributed by atoms with Crippen molar-refractivity contribution in [1.82, 2.24) is 5.32 Å². The van der Waals surface area contributed by atoms with Crippen molar-refractivity contribution < 1.29 is 9.53 Å². The van der Waals surface area contributed by atoms with Crippen LogP contribution in [0, 0.1) is 6.92 Å². The molecule has 0 bridgehead atoms. The topological polar surface area (TPSA) is 38.3 Å². The molecule has 3 nitrogen and oxygen atoms in total. The Bertz CT molecular complexity index is 608. The van der Waals surface area contributed by atoms with E-state index in [1.807, 2.05) is 38.1 Å². The Morgan fingerprint density at radius 3 is 2.36 bits per heavy atom. The second-order valence-electron chi connectivity index (χ2n) is 5.18. The van der Waals surface area contributed by atoms with Gasteiger partial charge in [-0.3, -0.25) is 4.79 Å². The Kier molecular flexibility index (Phi) is 5.84.